The fourth-order valence-corrected chi connectivity index (χ4v) is 1.67. The SMILES string of the molecule is COc1ccc(-n2nnc(C(=O)CC[C@H](N)C(=O)O)n2)cc1. The highest BCUT2D eigenvalue weighted by atomic mass is 16.5. The maximum Gasteiger partial charge on any atom is 0.320 e. The lowest BCUT2D eigenvalue weighted by molar-refractivity contribution is -0.138. The Balaban J connectivity index is 2.03. The largest absolute Gasteiger partial charge is 0.497 e. The van der Waals surface area contributed by atoms with E-state index in [1.807, 2.05) is 0 Å². The number of carboxylic acids is 1. The molecule has 0 saturated carbocycles. The first-order valence-corrected chi connectivity index (χ1v) is 6.47. The highest BCUT2D eigenvalue weighted by Gasteiger charge is 2.18. The van der Waals surface area contributed by atoms with Gasteiger partial charge in [-0.25, -0.2) is 0 Å². The Morgan fingerprint density at radius 1 is 1.36 bits per heavy atom. The average Bonchev–Trinajstić information content (AvgIpc) is 3.02. The summed E-state index contributed by atoms with van der Waals surface area (Å²) >= 11 is 0. The minimum atomic E-state index is -1.15. The molecule has 1 aromatic carbocycles. The normalized spacial score (nSPS) is 11.9. The Bertz CT molecular complexity index is 667. The number of Topliss-reactive ketones (excluding diaryl/α,β-unsaturated/α-hetero) is 1. The summed E-state index contributed by atoms with van der Waals surface area (Å²) in [6, 6.07) is 5.81. The number of ether oxygens (including phenoxy) is 1. The van der Waals surface area contributed by atoms with Crippen LogP contribution in [-0.4, -0.2) is 50.2 Å². The smallest absolute Gasteiger partial charge is 0.320 e. The predicted molar refractivity (Wildman–Crippen MR) is 74.9 cm³/mol. The molecule has 22 heavy (non-hydrogen) atoms. The van der Waals surface area contributed by atoms with Gasteiger partial charge in [-0.05, 0) is 35.9 Å². The molecule has 0 saturated heterocycles. The number of ketones is 1. The van der Waals surface area contributed by atoms with Crippen LogP contribution in [0, 0.1) is 0 Å². The molecule has 9 heteroatoms. The van der Waals surface area contributed by atoms with Gasteiger partial charge in [-0.15, -0.1) is 15.0 Å². The molecular weight excluding hydrogens is 290 g/mol. The molecule has 0 amide bonds. The molecule has 0 radical (unpaired) electrons. The van der Waals surface area contributed by atoms with Crippen molar-refractivity contribution in [3.05, 3.63) is 30.1 Å². The van der Waals surface area contributed by atoms with E-state index in [4.69, 9.17) is 15.6 Å². The van der Waals surface area contributed by atoms with E-state index >= 15 is 0 Å². The zero-order valence-electron chi connectivity index (χ0n) is 11.8. The van der Waals surface area contributed by atoms with Crippen molar-refractivity contribution in [3.8, 4) is 11.4 Å². The molecule has 0 bridgehead atoms. The number of rotatable bonds is 7. The molecule has 0 unspecified atom stereocenters. The molecule has 1 aromatic heterocycles. The fraction of sp³-hybridized carbons (Fsp3) is 0.308. The number of carboxylic acid groups (broad SMARTS) is 1. The lowest BCUT2D eigenvalue weighted by Crippen LogP contribution is -2.30. The van der Waals surface area contributed by atoms with Gasteiger partial charge in [0.1, 0.15) is 11.8 Å². The topological polar surface area (TPSA) is 133 Å². The number of carbonyl (C=O) groups is 2. The molecule has 1 atom stereocenters. The molecule has 0 aliphatic heterocycles. The van der Waals surface area contributed by atoms with Gasteiger partial charge in [0.15, 0.2) is 0 Å². The standard InChI is InChI=1S/C13H15N5O4/c1-22-9-4-2-8(3-5-9)18-16-12(15-17-18)11(19)7-6-10(14)13(20)21/h2-5,10H,6-7,14H2,1H3,(H,20,21)/t10-/m0/s1. The van der Waals surface area contributed by atoms with Gasteiger partial charge in [-0.2, -0.15) is 0 Å². The van der Waals surface area contributed by atoms with Crippen LogP contribution in [0.15, 0.2) is 24.3 Å². The van der Waals surface area contributed by atoms with Gasteiger partial charge in [0.05, 0.1) is 12.8 Å². The van der Waals surface area contributed by atoms with E-state index in [1.165, 1.54) is 4.80 Å². The molecule has 2 aromatic rings. The Hall–Kier alpha value is -2.81. The quantitative estimate of drug-likeness (QED) is 0.685. The zero-order valence-corrected chi connectivity index (χ0v) is 11.8. The summed E-state index contributed by atoms with van der Waals surface area (Å²) in [5.74, 6) is -0.949. The maximum atomic E-state index is 11.9. The maximum absolute atomic E-state index is 11.9. The van der Waals surface area contributed by atoms with Gasteiger partial charge in [-0.3, -0.25) is 9.59 Å². The first-order chi connectivity index (χ1) is 10.5. The van der Waals surface area contributed by atoms with Crippen LogP contribution in [0.5, 0.6) is 5.75 Å². The second-order valence-electron chi connectivity index (χ2n) is 4.51. The van der Waals surface area contributed by atoms with Crippen molar-refractivity contribution < 1.29 is 19.4 Å². The Morgan fingerprint density at radius 2 is 2.05 bits per heavy atom. The van der Waals surface area contributed by atoms with Crippen molar-refractivity contribution in [2.24, 2.45) is 5.73 Å². The van der Waals surface area contributed by atoms with Gasteiger partial charge in [0.25, 0.3) is 0 Å². The van der Waals surface area contributed by atoms with Crippen molar-refractivity contribution in [2.45, 2.75) is 18.9 Å². The van der Waals surface area contributed by atoms with Crippen LogP contribution in [0.4, 0.5) is 0 Å². The Morgan fingerprint density at radius 3 is 2.64 bits per heavy atom. The highest BCUT2D eigenvalue weighted by Crippen LogP contribution is 2.13. The van der Waals surface area contributed by atoms with Crippen molar-refractivity contribution in [1.29, 1.82) is 0 Å². The van der Waals surface area contributed by atoms with E-state index in [-0.39, 0.29) is 18.7 Å². The van der Waals surface area contributed by atoms with Crippen LogP contribution in [0.3, 0.4) is 0 Å². The fourth-order valence-electron chi connectivity index (χ4n) is 1.67. The number of carbonyl (C=O) groups excluding carboxylic acids is 1. The van der Waals surface area contributed by atoms with Gasteiger partial charge in [0.2, 0.25) is 11.6 Å². The molecule has 9 nitrogen and oxygen atoms in total. The third-order valence-corrected chi connectivity index (χ3v) is 2.97. The summed E-state index contributed by atoms with van der Waals surface area (Å²) in [7, 11) is 1.56. The van der Waals surface area contributed by atoms with Crippen molar-refractivity contribution >= 4 is 11.8 Å². The molecular formula is C13H15N5O4. The van der Waals surface area contributed by atoms with Crippen molar-refractivity contribution in [1.82, 2.24) is 20.2 Å². The van der Waals surface area contributed by atoms with Crippen molar-refractivity contribution in [2.75, 3.05) is 7.11 Å². The number of tetrazole rings is 1. The second-order valence-corrected chi connectivity index (χ2v) is 4.51. The van der Waals surface area contributed by atoms with Crippen LogP contribution < -0.4 is 10.5 Å². The van der Waals surface area contributed by atoms with Crippen molar-refractivity contribution in [3.63, 3.8) is 0 Å². The third kappa shape index (κ3) is 3.64. The summed E-state index contributed by atoms with van der Waals surface area (Å²) in [4.78, 5) is 23.7. The summed E-state index contributed by atoms with van der Waals surface area (Å²) in [5, 5.41) is 20.1. The van der Waals surface area contributed by atoms with Crippen LogP contribution in [0.25, 0.3) is 5.69 Å². The second kappa shape index (κ2) is 6.76. The minimum absolute atomic E-state index is 0.0191. The van der Waals surface area contributed by atoms with E-state index in [0.29, 0.717) is 11.4 Å². The number of aliphatic carboxylic acids is 1. The Labute approximate surface area is 125 Å². The van der Waals surface area contributed by atoms with Gasteiger partial charge < -0.3 is 15.6 Å². The first kappa shape index (κ1) is 15.6. The predicted octanol–water partition coefficient (Wildman–Crippen LogP) is 0.0457. The van der Waals surface area contributed by atoms with Crippen LogP contribution in [0.2, 0.25) is 0 Å². The minimum Gasteiger partial charge on any atom is -0.497 e. The average molecular weight is 305 g/mol. The van der Waals surface area contributed by atoms with E-state index in [0.717, 1.165) is 0 Å². The van der Waals surface area contributed by atoms with E-state index in [9.17, 15) is 9.59 Å². The van der Waals surface area contributed by atoms with Gasteiger partial charge >= 0.3 is 5.97 Å². The molecule has 0 aliphatic carbocycles. The number of nitrogens with zero attached hydrogens (tertiary/aromatic N) is 4. The van der Waals surface area contributed by atoms with E-state index in [2.05, 4.69) is 15.4 Å². The first-order valence-electron chi connectivity index (χ1n) is 6.47. The van der Waals surface area contributed by atoms with Crippen LogP contribution >= 0.6 is 0 Å². The number of benzene rings is 1. The molecule has 116 valence electrons. The number of aromatic nitrogens is 4. The Kier molecular flexibility index (Phi) is 4.79. The lowest BCUT2D eigenvalue weighted by Gasteiger charge is -2.03. The van der Waals surface area contributed by atoms with Crippen LogP contribution in [-0.2, 0) is 4.79 Å². The van der Waals surface area contributed by atoms with Crippen LogP contribution in [0.1, 0.15) is 23.5 Å². The molecule has 0 spiro atoms. The summed E-state index contributed by atoms with van der Waals surface area (Å²) < 4.78 is 5.04. The third-order valence-electron chi connectivity index (χ3n) is 2.97. The van der Waals surface area contributed by atoms with E-state index in [1.54, 1.807) is 31.4 Å². The number of nitrogens with two attached hydrogens (primary N) is 1. The van der Waals surface area contributed by atoms with Gasteiger partial charge in [-0.1, -0.05) is 0 Å². The highest BCUT2D eigenvalue weighted by molar-refractivity contribution is 5.92. The number of hydrogen-bond acceptors (Lipinski definition) is 7. The van der Waals surface area contributed by atoms with E-state index < -0.39 is 17.8 Å². The number of hydrogen-bond donors (Lipinski definition) is 2. The summed E-state index contributed by atoms with van der Waals surface area (Å²) in [6.07, 6.45) is -0.0347. The molecule has 2 rings (SSSR count). The summed E-state index contributed by atoms with van der Waals surface area (Å²) in [5.41, 5.74) is 5.96. The lowest BCUT2D eigenvalue weighted by atomic mass is 10.1. The van der Waals surface area contributed by atoms with Gasteiger partial charge in [0, 0.05) is 6.42 Å². The molecule has 3 N–H and O–H groups in total. The number of methoxy groups -OCH3 is 1. The summed E-state index contributed by atoms with van der Waals surface area (Å²) in [6.45, 7) is 0. The monoisotopic (exact) mass is 305 g/mol. The molecule has 1 heterocycles. The molecule has 0 fully saturated rings. The zero-order chi connectivity index (χ0) is 16.1. The molecule has 0 aliphatic rings.